The number of ether oxygens (including phenoxy) is 1. The smallest absolute Gasteiger partial charge is 0.306 e. The molecular formula is C27H29ClFN7O6. The molecule has 1 fully saturated rings. The molecule has 1 saturated carbocycles. The molecule has 222 valence electrons. The summed E-state index contributed by atoms with van der Waals surface area (Å²) in [6.07, 6.45) is 3.88. The number of aliphatic hydroxyl groups is 2. The highest BCUT2D eigenvalue weighted by atomic mass is 35.5. The highest BCUT2D eigenvalue weighted by molar-refractivity contribution is 6.32. The molecule has 42 heavy (non-hydrogen) atoms. The molecule has 0 bridgehead atoms. The van der Waals surface area contributed by atoms with Gasteiger partial charge in [-0.05, 0) is 43.5 Å². The zero-order valence-corrected chi connectivity index (χ0v) is 23.4. The first-order valence-corrected chi connectivity index (χ1v) is 13.5. The summed E-state index contributed by atoms with van der Waals surface area (Å²) in [6, 6.07) is 3.75. The lowest BCUT2D eigenvalue weighted by molar-refractivity contribution is -0.144. The van der Waals surface area contributed by atoms with Crippen LogP contribution in [0.2, 0.25) is 5.02 Å². The second-order valence-electron chi connectivity index (χ2n) is 10.2. The summed E-state index contributed by atoms with van der Waals surface area (Å²) in [7, 11) is 1.39. The van der Waals surface area contributed by atoms with Gasteiger partial charge < -0.3 is 25.4 Å². The number of aliphatic hydroxyl groups excluding tert-OH is 2. The first kappa shape index (κ1) is 29.4. The van der Waals surface area contributed by atoms with Crippen LogP contribution in [0.5, 0.6) is 5.75 Å². The summed E-state index contributed by atoms with van der Waals surface area (Å²) in [5, 5.41) is 40.4. The van der Waals surface area contributed by atoms with Gasteiger partial charge in [0.15, 0.2) is 0 Å². The molecule has 0 spiro atoms. The van der Waals surface area contributed by atoms with Crippen LogP contribution in [0.25, 0.3) is 16.8 Å². The Morgan fingerprint density at radius 1 is 1.29 bits per heavy atom. The van der Waals surface area contributed by atoms with Crippen molar-refractivity contribution in [1.82, 2.24) is 29.5 Å². The van der Waals surface area contributed by atoms with Gasteiger partial charge in [-0.3, -0.25) is 19.5 Å². The minimum absolute atomic E-state index is 0.0722. The molecular weight excluding hydrogens is 573 g/mol. The van der Waals surface area contributed by atoms with Gasteiger partial charge in [-0.2, -0.15) is 5.10 Å². The molecule has 15 heteroatoms. The van der Waals surface area contributed by atoms with E-state index in [1.165, 1.54) is 46.9 Å². The number of carbonyl (C=O) groups is 1. The molecule has 1 aliphatic rings. The topological polar surface area (TPSA) is 176 Å². The predicted molar refractivity (Wildman–Crippen MR) is 150 cm³/mol. The van der Waals surface area contributed by atoms with E-state index in [1.807, 2.05) is 0 Å². The maximum absolute atomic E-state index is 14.0. The lowest BCUT2D eigenvalue weighted by Crippen LogP contribution is -2.42. The quantitative estimate of drug-likeness (QED) is 0.159. The van der Waals surface area contributed by atoms with E-state index < -0.39 is 48.2 Å². The maximum atomic E-state index is 14.0. The van der Waals surface area contributed by atoms with E-state index in [0.29, 0.717) is 29.7 Å². The van der Waals surface area contributed by atoms with Gasteiger partial charge in [0.25, 0.3) is 5.56 Å². The number of fused-ring (bicyclic) bond motifs is 1. The van der Waals surface area contributed by atoms with E-state index in [1.54, 1.807) is 19.2 Å². The van der Waals surface area contributed by atoms with Gasteiger partial charge in [-0.25, -0.2) is 18.9 Å². The lowest BCUT2D eigenvalue weighted by Gasteiger charge is -2.32. The van der Waals surface area contributed by atoms with Crippen molar-refractivity contribution in [3.05, 3.63) is 69.7 Å². The lowest BCUT2D eigenvalue weighted by atomic mass is 9.80. The van der Waals surface area contributed by atoms with E-state index in [9.17, 15) is 24.2 Å². The number of carboxylic acids is 1. The van der Waals surface area contributed by atoms with Crippen molar-refractivity contribution in [2.75, 3.05) is 19.0 Å². The summed E-state index contributed by atoms with van der Waals surface area (Å²) in [5.74, 6) is -1.26. The molecule has 0 amide bonds. The second-order valence-corrected chi connectivity index (χ2v) is 10.6. The number of hydrogen-bond acceptors (Lipinski definition) is 10. The van der Waals surface area contributed by atoms with E-state index in [4.69, 9.17) is 21.4 Å². The number of rotatable bonds is 11. The largest absolute Gasteiger partial charge is 0.497 e. The maximum Gasteiger partial charge on any atom is 0.306 e. The number of aliphatic carboxylic acids is 1. The number of carboxylic acid groups (broad SMARTS) is 1. The van der Waals surface area contributed by atoms with Gasteiger partial charge in [-0.1, -0.05) is 11.6 Å². The Hall–Kier alpha value is -4.11. The van der Waals surface area contributed by atoms with E-state index in [2.05, 4.69) is 25.7 Å². The highest BCUT2D eigenvalue weighted by Gasteiger charge is 2.35. The Bertz CT molecular complexity index is 1670. The number of hydrogen-bond donors (Lipinski definition) is 5. The van der Waals surface area contributed by atoms with Gasteiger partial charge >= 0.3 is 5.97 Å². The third kappa shape index (κ3) is 5.92. The third-order valence-electron chi connectivity index (χ3n) is 7.37. The van der Waals surface area contributed by atoms with E-state index >= 15 is 0 Å². The molecule has 5 rings (SSSR count). The van der Waals surface area contributed by atoms with Crippen molar-refractivity contribution in [2.24, 2.45) is 5.92 Å². The predicted octanol–water partition coefficient (Wildman–Crippen LogP) is 2.23. The number of nitrogens with one attached hydrogen (secondary N) is 2. The average molecular weight is 602 g/mol. The van der Waals surface area contributed by atoms with Crippen LogP contribution in [-0.2, 0) is 4.79 Å². The molecule has 2 unspecified atom stereocenters. The number of halogens is 2. The number of nitrogens with zero attached hydrogens (tertiary/aromatic N) is 5. The Morgan fingerprint density at radius 2 is 2.05 bits per heavy atom. The van der Waals surface area contributed by atoms with Crippen molar-refractivity contribution >= 4 is 29.0 Å². The molecule has 0 saturated heterocycles. The van der Waals surface area contributed by atoms with Crippen molar-refractivity contribution in [2.45, 2.75) is 44.1 Å². The molecule has 0 radical (unpaired) electrons. The van der Waals surface area contributed by atoms with Gasteiger partial charge in [0.2, 0.25) is 5.95 Å². The first-order chi connectivity index (χ1) is 20.1. The summed E-state index contributed by atoms with van der Waals surface area (Å²) in [6.45, 7) is 1.14. The normalized spacial score (nSPS) is 18.7. The molecule has 1 aromatic carbocycles. The van der Waals surface area contributed by atoms with Crippen molar-refractivity contribution in [3.63, 3.8) is 0 Å². The first-order valence-electron chi connectivity index (χ1n) is 13.1. The van der Waals surface area contributed by atoms with Gasteiger partial charge in [0, 0.05) is 23.9 Å². The molecule has 3 aromatic heterocycles. The Balaban J connectivity index is 1.36. The molecule has 0 aliphatic heterocycles. The molecule has 5 N–H and O–H groups in total. The van der Waals surface area contributed by atoms with Gasteiger partial charge in [0.1, 0.15) is 29.6 Å². The fourth-order valence-electron chi connectivity index (χ4n) is 4.84. The van der Waals surface area contributed by atoms with Crippen LogP contribution in [0.1, 0.15) is 37.4 Å². The SMILES string of the molecule is COc1cc(F)cc([C@@H](CO)NC(O)C(C)n2cnn3cc(-c4nc(NC5CC(C(=O)O)C5)ncc4Cl)cc3c2=O)c1. The highest BCUT2D eigenvalue weighted by Crippen LogP contribution is 2.32. The average Bonchev–Trinajstić information content (AvgIpc) is 3.38. The van der Waals surface area contributed by atoms with Crippen LogP contribution >= 0.6 is 11.6 Å². The van der Waals surface area contributed by atoms with Crippen LogP contribution in [0.15, 0.2) is 47.8 Å². The van der Waals surface area contributed by atoms with Crippen molar-refractivity contribution < 1.29 is 29.2 Å². The zero-order valence-electron chi connectivity index (χ0n) is 22.6. The summed E-state index contributed by atoms with van der Waals surface area (Å²) < 4.78 is 21.7. The van der Waals surface area contributed by atoms with Crippen molar-refractivity contribution in [1.29, 1.82) is 0 Å². The Labute approximate surface area is 243 Å². The van der Waals surface area contributed by atoms with Crippen molar-refractivity contribution in [3.8, 4) is 17.0 Å². The van der Waals surface area contributed by atoms with Crippen LogP contribution in [0.4, 0.5) is 10.3 Å². The Morgan fingerprint density at radius 3 is 2.74 bits per heavy atom. The number of anilines is 1. The minimum Gasteiger partial charge on any atom is -0.497 e. The van der Waals surface area contributed by atoms with Crippen LogP contribution in [0.3, 0.4) is 0 Å². The number of benzene rings is 1. The molecule has 1 aliphatic carbocycles. The summed E-state index contributed by atoms with van der Waals surface area (Å²) >= 11 is 6.38. The summed E-state index contributed by atoms with van der Waals surface area (Å²) in [4.78, 5) is 33.2. The second kappa shape index (κ2) is 12.0. The fraction of sp³-hybridized carbons (Fsp3) is 0.370. The number of methoxy groups -OCH3 is 1. The van der Waals surface area contributed by atoms with E-state index in [-0.39, 0.29) is 28.3 Å². The fourth-order valence-corrected chi connectivity index (χ4v) is 5.04. The van der Waals surface area contributed by atoms with Crippen LogP contribution in [-0.4, -0.2) is 71.4 Å². The standard InChI is InChI=1S/C27H29ClFN7O6/c1-13(24(38)33-21(11-37)14-3-17(29)8-19(6-14)42-2)35-12-31-36-10-16(7-22(36)25(35)39)23-20(28)9-30-27(34-23)32-18-4-15(5-18)26(40)41/h3,6-10,12-13,15,18,21,24,33,37-38H,4-5,11H2,1-2H3,(H,40,41)(H,30,32,34)/t13?,15?,18?,21-,24?/m1/s1. The van der Waals surface area contributed by atoms with Crippen LogP contribution in [0, 0.1) is 11.7 Å². The number of aromatic nitrogens is 5. The molecule has 4 aromatic rings. The van der Waals surface area contributed by atoms with Gasteiger partial charge in [-0.15, -0.1) is 0 Å². The van der Waals surface area contributed by atoms with E-state index in [0.717, 1.165) is 0 Å². The van der Waals surface area contributed by atoms with Crippen LogP contribution < -0.4 is 20.9 Å². The summed E-state index contributed by atoms with van der Waals surface area (Å²) in [5.41, 5.74) is 0.928. The monoisotopic (exact) mass is 601 g/mol. The Kier molecular flexibility index (Phi) is 8.41. The minimum atomic E-state index is -1.33. The molecule has 3 atom stereocenters. The molecule has 3 heterocycles. The third-order valence-corrected chi connectivity index (χ3v) is 7.65. The zero-order chi connectivity index (χ0) is 30.1. The molecule has 13 nitrogen and oxygen atoms in total. The van der Waals surface area contributed by atoms with Gasteiger partial charge in [0.05, 0.1) is 48.6 Å².